The molecule has 9 nitrogen and oxygen atoms in total. The zero-order chi connectivity index (χ0) is 19.6. The van der Waals surface area contributed by atoms with E-state index in [0.717, 1.165) is 40.9 Å². The predicted molar refractivity (Wildman–Crippen MR) is 111 cm³/mol. The maximum Gasteiger partial charge on any atom is 0.270 e. The molecule has 29 heavy (non-hydrogen) atoms. The zero-order valence-electron chi connectivity index (χ0n) is 15.3. The van der Waals surface area contributed by atoms with Gasteiger partial charge in [-0.2, -0.15) is 5.10 Å². The lowest BCUT2D eigenvalue weighted by atomic mass is 10.1. The quantitative estimate of drug-likeness (QED) is 0.401. The zero-order valence-corrected chi connectivity index (χ0v) is 16.2. The van der Waals surface area contributed by atoms with E-state index in [1.165, 1.54) is 11.3 Å². The molecule has 0 saturated carbocycles. The Bertz CT molecular complexity index is 1150. The number of H-pyrrole nitrogens is 1. The Labute approximate surface area is 170 Å². The SMILES string of the molecule is O=C(NC1CCNC1)c1ccnc(Nc2nc3ccc(-c4cn[nH]c4)cc3s2)n1. The topological polar surface area (TPSA) is 121 Å². The average Bonchev–Trinajstić information content (AvgIpc) is 3.49. The van der Waals surface area contributed by atoms with Gasteiger partial charge in [0.05, 0.1) is 16.4 Å². The van der Waals surface area contributed by atoms with Gasteiger partial charge in [-0.3, -0.25) is 15.2 Å². The maximum absolute atomic E-state index is 12.4. The Kier molecular flexibility index (Phi) is 4.62. The van der Waals surface area contributed by atoms with Crippen LogP contribution in [0.15, 0.2) is 42.9 Å². The Balaban J connectivity index is 1.34. The third-order valence-electron chi connectivity index (χ3n) is 4.72. The molecule has 3 aromatic heterocycles. The van der Waals surface area contributed by atoms with Crippen molar-refractivity contribution in [2.75, 3.05) is 18.4 Å². The largest absolute Gasteiger partial charge is 0.347 e. The van der Waals surface area contributed by atoms with Crippen LogP contribution in [0.4, 0.5) is 11.1 Å². The molecule has 4 N–H and O–H groups in total. The van der Waals surface area contributed by atoms with Crippen molar-refractivity contribution in [1.82, 2.24) is 35.8 Å². The average molecular weight is 406 g/mol. The van der Waals surface area contributed by atoms with Gasteiger partial charge >= 0.3 is 0 Å². The van der Waals surface area contributed by atoms with Crippen molar-refractivity contribution in [3.05, 3.63) is 48.5 Å². The number of anilines is 2. The summed E-state index contributed by atoms with van der Waals surface area (Å²) in [6.07, 6.45) is 6.14. The van der Waals surface area contributed by atoms with Crippen molar-refractivity contribution < 1.29 is 4.79 Å². The number of carbonyl (C=O) groups excluding carboxylic acids is 1. The first-order valence-corrected chi connectivity index (χ1v) is 10.1. The number of fused-ring (bicyclic) bond motifs is 1. The first-order chi connectivity index (χ1) is 14.2. The molecule has 0 radical (unpaired) electrons. The van der Waals surface area contributed by atoms with E-state index in [1.54, 1.807) is 18.5 Å². The number of carbonyl (C=O) groups is 1. The molecule has 1 saturated heterocycles. The highest BCUT2D eigenvalue weighted by molar-refractivity contribution is 7.22. The van der Waals surface area contributed by atoms with E-state index >= 15 is 0 Å². The van der Waals surface area contributed by atoms with E-state index < -0.39 is 0 Å². The number of hydrogen-bond donors (Lipinski definition) is 4. The van der Waals surface area contributed by atoms with Gasteiger partial charge in [-0.15, -0.1) is 0 Å². The van der Waals surface area contributed by atoms with Crippen molar-refractivity contribution >= 4 is 38.5 Å². The van der Waals surface area contributed by atoms with Gasteiger partial charge in [0.15, 0.2) is 5.13 Å². The van der Waals surface area contributed by atoms with Gasteiger partial charge < -0.3 is 10.6 Å². The van der Waals surface area contributed by atoms with Crippen LogP contribution in [0, 0.1) is 0 Å². The van der Waals surface area contributed by atoms with Crippen LogP contribution in [0.1, 0.15) is 16.9 Å². The van der Waals surface area contributed by atoms with Crippen molar-refractivity contribution in [1.29, 1.82) is 0 Å². The van der Waals surface area contributed by atoms with E-state index in [0.29, 0.717) is 16.8 Å². The van der Waals surface area contributed by atoms with Crippen molar-refractivity contribution in [3.8, 4) is 11.1 Å². The summed E-state index contributed by atoms with van der Waals surface area (Å²) in [5.74, 6) is 0.148. The highest BCUT2D eigenvalue weighted by Gasteiger charge is 2.18. The van der Waals surface area contributed by atoms with E-state index in [1.807, 2.05) is 18.3 Å². The number of thiazole rings is 1. The molecule has 1 fully saturated rings. The molecule has 4 aromatic rings. The Hall–Kier alpha value is -3.37. The van der Waals surface area contributed by atoms with Crippen molar-refractivity contribution in [3.63, 3.8) is 0 Å². The fourth-order valence-electron chi connectivity index (χ4n) is 3.24. The van der Waals surface area contributed by atoms with E-state index in [4.69, 9.17) is 0 Å². The number of aromatic amines is 1. The number of nitrogens with zero attached hydrogens (tertiary/aromatic N) is 4. The second kappa shape index (κ2) is 7.57. The molecule has 4 heterocycles. The fourth-order valence-corrected chi connectivity index (χ4v) is 4.14. The van der Waals surface area contributed by atoms with Crippen molar-refractivity contribution in [2.24, 2.45) is 0 Å². The number of rotatable bonds is 5. The summed E-state index contributed by atoms with van der Waals surface area (Å²) in [4.78, 5) is 25.6. The minimum Gasteiger partial charge on any atom is -0.347 e. The van der Waals surface area contributed by atoms with Crippen LogP contribution in [0.25, 0.3) is 21.3 Å². The Morgan fingerprint density at radius 3 is 3.00 bits per heavy atom. The van der Waals surface area contributed by atoms with E-state index in [2.05, 4.69) is 47.2 Å². The van der Waals surface area contributed by atoms with Gasteiger partial charge in [0.25, 0.3) is 5.91 Å². The van der Waals surface area contributed by atoms with Gasteiger partial charge in [0.1, 0.15) is 5.69 Å². The minimum atomic E-state index is -0.196. The molecule has 0 bridgehead atoms. The summed E-state index contributed by atoms with van der Waals surface area (Å²) in [6, 6.07) is 7.81. The highest BCUT2D eigenvalue weighted by Crippen LogP contribution is 2.31. The third-order valence-corrected chi connectivity index (χ3v) is 5.66. The first-order valence-electron chi connectivity index (χ1n) is 9.26. The molecule has 1 aliphatic heterocycles. The summed E-state index contributed by atoms with van der Waals surface area (Å²) in [6.45, 7) is 1.70. The second-order valence-electron chi connectivity index (χ2n) is 6.74. The molecular weight excluding hydrogens is 388 g/mol. The Morgan fingerprint density at radius 1 is 1.21 bits per heavy atom. The summed E-state index contributed by atoms with van der Waals surface area (Å²) < 4.78 is 1.04. The van der Waals surface area contributed by atoms with Gasteiger partial charge in [-0.05, 0) is 36.7 Å². The van der Waals surface area contributed by atoms with Gasteiger partial charge in [0.2, 0.25) is 5.95 Å². The minimum absolute atomic E-state index is 0.141. The molecule has 1 amide bonds. The van der Waals surface area contributed by atoms with Gasteiger partial charge in [-0.1, -0.05) is 17.4 Å². The molecule has 1 aromatic carbocycles. The highest BCUT2D eigenvalue weighted by atomic mass is 32.1. The van der Waals surface area contributed by atoms with Crippen LogP contribution in [0.5, 0.6) is 0 Å². The van der Waals surface area contributed by atoms with E-state index in [9.17, 15) is 4.79 Å². The molecule has 0 aliphatic carbocycles. The third kappa shape index (κ3) is 3.80. The van der Waals surface area contributed by atoms with Crippen LogP contribution in [-0.4, -0.2) is 50.2 Å². The molecule has 1 aliphatic rings. The first kappa shape index (κ1) is 17.7. The lowest BCUT2D eigenvalue weighted by Gasteiger charge is -2.11. The van der Waals surface area contributed by atoms with Crippen LogP contribution in [0.3, 0.4) is 0 Å². The van der Waals surface area contributed by atoms with Crippen LogP contribution in [-0.2, 0) is 0 Å². The van der Waals surface area contributed by atoms with Crippen molar-refractivity contribution in [2.45, 2.75) is 12.5 Å². The number of nitrogens with one attached hydrogen (secondary N) is 4. The molecule has 0 spiro atoms. The normalized spacial score (nSPS) is 16.2. The Morgan fingerprint density at radius 2 is 2.17 bits per heavy atom. The summed E-state index contributed by atoms with van der Waals surface area (Å²) in [5, 5.41) is 16.8. The lowest BCUT2D eigenvalue weighted by molar-refractivity contribution is 0.0935. The summed E-state index contributed by atoms with van der Waals surface area (Å²) in [7, 11) is 0. The smallest absolute Gasteiger partial charge is 0.270 e. The number of hydrogen-bond acceptors (Lipinski definition) is 8. The number of aromatic nitrogens is 5. The molecule has 1 atom stereocenters. The standard InChI is InChI=1S/C19H18N8OS/c28-17(24-13-3-5-20-10-13)15-4-6-21-18(25-15)27-19-26-14-2-1-11(7-16(14)29-19)12-8-22-23-9-12/h1-2,4,6-9,13,20H,3,5,10H2,(H,22,23)(H,24,28)(H,21,25,26,27). The molecule has 5 rings (SSSR count). The van der Waals surface area contributed by atoms with Crippen LogP contribution < -0.4 is 16.0 Å². The second-order valence-corrected chi connectivity index (χ2v) is 7.77. The van der Waals surface area contributed by atoms with E-state index in [-0.39, 0.29) is 11.9 Å². The predicted octanol–water partition coefficient (Wildman–Crippen LogP) is 2.31. The molecule has 146 valence electrons. The van der Waals surface area contributed by atoms with Crippen LogP contribution >= 0.6 is 11.3 Å². The molecule has 1 unspecified atom stereocenters. The monoisotopic (exact) mass is 406 g/mol. The van der Waals surface area contributed by atoms with Gasteiger partial charge in [-0.25, -0.2) is 15.0 Å². The summed E-state index contributed by atoms with van der Waals surface area (Å²) >= 11 is 1.50. The molecule has 10 heteroatoms. The maximum atomic E-state index is 12.4. The number of amides is 1. The fraction of sp³-hybridized carbons (Fsp3) is 0.211. The summed E-state index contributed by atoms with van der Waals surface area (Å²) in [5.41, 5.74) is 3.30. The van der Waals surface area contributed by atoms with Crippen LogP contribution in [0.2, 0.25) is 0 Å². The number of benzene rings is 1. The van der Waals surface area contributed by atoms with Gasteiger partial charge in [0, 0.05) is 30.5 Å². The lowest BCUT2D eigenvalue weighted by Crippen LogP contribution is -2.36. The molecular formula is C19H18N8OS.